The second-order valence-electron chi connectivity index (χ2n) is 15.7. The minimum absolute atomic E-state index is 0.0253. The number of unbranched alkanes of at least 4 members (excludes halogenated alkanes) is 1. The Morgan fingerprint density at radius 2 is 1.41 bits per heavy atom. The third-order valence-electron chi connectivity index (χ3n) is 10.6. The zero-order valence-electron chi connectivity index (χ0n) is 38.3. The Hall–Kier alpha value is -7.06. The molecule has 4 aromatic rings. The molecule has 1 heterocycles. The van der Waals surface area contributed by atoms with Gasteiger partial charge in [-0.25, -0.2) is 0 Å². The molecule has 0 aromatic heterocycles. The lowest BCUT2D eigenvalue weighted by Gasteiger charge is -2.30. The average molecular weight is 902 g/mol. The van der Waals surface area contributed by atoms with Crippen molar-refractivity contribution >= 4 is 29.5 Å². The minimum atomic E-state index is -1.33. The molecule has 5 amide bonds. The van der Waals surface area contributed by atoms with Gasteiger partial charge in [-0.15, -0.1) is 0 Å². The van der Waals surface area contributed by atoms with Crippen molar-refractivity contribution in [2.45, 2.75) is 71.0 Å². The summed E-state index contributed by atoms with van der Waals surface area (Å²) in [5.41, 5.74) is 21.9. The van der Waals surface area contributed by atoms with Crippen LogP contribution >= 0.6 is 0 Å². The van der Waals surface area contributed by atoms with Crippen LogP contribution in [0.3, 0.4) is 0 Å². The molecule has 3 atom stereocenters. The lowest BCUT2D eigenvalue weighted by molar-refractivity contribution is -0.139. The largest absolute Gasteiger partial charge is 0.492 e. The molecule has 0 radical (unpaired) electrons. The van der Waals surface area contributed by atoms with Crippen molar-refractivity contribution in [3.05, 3.63) is 119 Å². The molecule has 1 aliphatic heterocycles. The number of rotatable bonds is 17. The molecule has 4 bridgehead atoms. The molecule has 16 heteroatoms. The number of amides is 5. The predicted octanol–water partition coefficient (Wildman–Crippen LogP) is 4.02. The zero-order valence-corrected chi connectivity index (χ0v) is 38.3. The van der Waals surface area contributed by atoms with Crippen LogP contribution in [0.15, 0.2) is 97.2 Å². The number of fused-ring (bicyclic) bond motifs is 5. The molecule has 5 rings (SSSR count). The average Bonchev–Trinajstić information content (AvgIpc) is 3.33. The van der Waals surface area contributed by atoms with Crippen LogP contribution in [-0.4, -0.2) is 93.0 Å². The second kappa shape index (κ2) is 26.0. The van der Waals surface area contributed by atoms with Gasteiger partial charge in [0.25, 0.3) is 5.91 Å². The van der Waals surface area contributed by atoms with E-state index < -0.39 is 54.2 Å². The number of aryl methyl sites for hydroxylation is 1. The van der Waals surface area contributed by atoms with E-state index in [0.717, 1.165) is 43.4 Å². The van der Waals surface area contributed by atoms with Crippen LogP contribution in [0.2, 0.25) is 0 Å². The number of ether oxygens (including phenoxy) is 2. The van der Waals surface area contributed by atoms with Crippen LogP contribution in [0.25, 0.3) is 22.3 Å². The number of carbonyl (C=O) groups excluding carboxylic acids is 5. The number of likely N-dealkylation sites (N-methyl/N-ethyl adjacent to an activating group) is 1. The standard InChI is InChI=1S/C47H54N8O7.C3H9N/c1-5-6-7-31-8-11-33(12-9-31)34-13-15-35(16-14-34)45(58)51-28-42(56)55(4)43-36-17-19-41(62-23-21-49)38(26-36)37-24-32(10-18-40(37)61-22-20-48)25-39(46(59)52-29(2)27-50)54-44(57)30(3)53-47(43)60;1-2-3-4/h8-19,24,26,30,39,43H,2,5-7,20-23,25,28,48-49H2,1,3-4H3,(H,51,58)(H,52,59)(H,53,60)(H,54,57);2-4H2,1H3/t30-,39?,43?;/m0./s1. The Morgan fingerprint density at radius 1 is 0.818 bits per heavy atom. The van der Waals surface area contributed by atoms with E-state index in [1.807, 2.05) is 12.1 Å². The highest BCUT2D eigenvalue weighted by atomic mass is 16.5. The first kappa shape index (κ1) is 51.6. The first-order chi connectivity index (χ1) is 31.8. The highest BCUT2D eigenvalue weighted by Crippen LogP contribution is 2.40. The fourth-order valence-corrected chi connectivity index (χ4v) is 6.93. The molecule has 10 N–H and O–H groups in total. The summed E-state index contributed by atoms with van der Waals surface area (Å²) >= 11 is 0. The van der Waals surface area contributed by atoms with Crippen LogP contribution in [0.1, 0.15) is 73.1 Å². The molecule has 350 valence electrons. The van der Waals surface area contributed by atoms with Crippen molar-refractivity contribution < 1.29 is 33.4 Å². The number of nitrogens with two attached hydrogens (primary N) is 3. The number of nitriles is 1. The Morgan fingerprint density at radius 3 is 1.98 bits per heavy atom. The normalized spacial score (nSPS) is 15.5. The van der Waals surface area contributed by atoms with Crippen LogP contribution in [-0.2, 0) is 32.0 Å². The predicted molar refractivity (Wildman–Crippen MR) is 255 cm³/mol. The maximum absolute atomic E-state index is 14.3. The van der Waals surface area contributed by atoms with Crippen molar-refractivity contribution in [3.8, 4) is 39.8 Å². The molecule has 1 aliphatic rings. The van der Waals surface area contributed by atoms with E-state index in [2.05, 4.69) is 66.0 Å². The molecular weight excluding hydrogens is 839 g/mol. The Kier molecular flexibility index (Phi) is 20.3. The molecule has 0 spiro atoms. The highest BCUT2D eigenvalue weighted by molar-refractivity contribution is 5.98. The van der Waals surface area contributed by atoms with Crippen LogP contribution < -0.4 is 47.9 Å². The first-order valence-corrected chi connectivity index (χ1v) is 22.2. The van der Waals surface area contributed by atoms with E-state index in [1.54, 1.807) is 54.6 Å². The van der Waals surface area contributed by atoms with Gasteiger partial charge in [-0.1, -0.05) is 75.4 Å². The van der Waals surface area contributed by atoms with Gasteiger partial charge in [0.15, 0.2) is 0 Å². The van der Waals surface area contributed by atoms with Gasteiger partial charge in [-0.2, -0.15) is 5.26 Å². The number of hydrogen-bond donors (Lipinski definition) is 7. The fourth-order valence-electron chi connectivity index (χ4n) is 6.93. The van der Waals surface area contributed by atoms with Gasteiger partial charge in [0, 0.05) is 43.2 Å². The molecule has 0 saturated carbocycles. The summed E-state index contributed by atoms with van der Waals surface area (Å²) in [7, 11) is 1.42. The summed E-state index contributed by atoms with van der Waals surface area (Å²) in [5.74, 6) is -2.44. The summed E-state index contributed by atoms with van der Waals surface area (Å²) in [6.07, 6.45) is 4.34. The number of nitrogens with zero attached hydrogens (tertiary/aromatic N) is 2. The maximum atomic E-state index is 14.3. The summed E-state index contributed by atoms with van der Waals surface area (Å²) in [6, 6.07) is 23.6. The van der Waals surface area contributed by atoms with E-state index in [1.165, 1.54) is 24.4 Å². The molecule has 0 saturated heterocycles. The number of nitrogens with one attached hydrogen (secondary N) is 4. The third kappa shape index (κ3) is 14.5. The van der Waals surface area contributed by atoms with E-state index in [9.17, 15) is 29.2 Å². The number of benzene rings is 4. The SMILES string of the molecule is C=C(C#N)NC(=O)C1Cc2ccc(OCCN)c(c2)-c2cc(ccc2OCCN)C(N(C)C(=O)CNC(=O)c2ccc(-c3ccc(CCCC)cc3)cc2)C(=O)N[C@@H](C)C(=O)N1.CCCN. The number of allylic oxidation sites excluding steroid dienone is 1. The Balaban J connectivity index is 0.00000228. The molecule has 0 aliphatic carbocycles. The van der Waals surface area contributed by atoms with Gasteiger partial charge < -0.3 is 52.8 Å². The van der Waals surface area contributed by atoms with Gasteiger partial charge in [0.05, 0.1) is 6.54 Å². The van der Waals surface area contributed by atoms with Crippen LogP contribution in [0.5, 0.6) is 11.5 Å². The molecule has 16 nitrogen and oxygen atoms in total. The van der Waals surface area contributed by atoms with E-state index in [0.29, 0.717) is 39.3 Å². The summed E-state index contributed by atoms with van der Waals surface area (Å²) in [5, 5.41) is 19.7. The summed E-state index contributed by atoms with van der Waals surface area (Å²) in [4.78, 5) is 69.8. The van der Waals surface area contributed by atoms with Crippen LogP contribution in [0, 0.1) is 11.3 Å². The van der Waals surface area contributed by atoms with E-state index in [4.69, 9.17) is 26.7 Å². The Labute approximate surface area is 387 Å². The number of carbonyl (C=O) groups is 5. The van der Waals surface area contributed by atoms with Gasteiger partial charge >= 0.3 is 0 Å². The van der Waals surface area contributed by atoms with Gasteiger partial charge in [0.2, 0.25) is 23.6 Å². The van der Waals surface area contributed by atoms with Crippen molar-refractivity contribution in [3.63, 3.8) is 0 Å². The van der Waals surface area contributed by atoms with Crippen molar-refractivity contribution in [1.29, 1.82) is 5.26 Å². The quantitative estimate of drug-likeness (QED) is 0.0745. The lowest BCUT2D eigenvalue weighted by Crippen LogP contribution is -2.55. The van der Waals surface area contributed by atoms with E-state index in [-0.39, 0.29) is 38.4 Å². The summed E-state index contributed by atoms with van der Waals surface area (Å²) in [6.45, 7) is 10.3. The maximum Gasteiger partial charge on any atom is 0.251 e. The van der Waals surface area contributed by atoms with Gasteiger partial charge in [-0.05, 0) is 96.9 Å². The van der Waals surface area contributed by atoms with Crippen molar-refractivity contribution in [2.75, 3.05) is 46.4 Å². The highest BCUT2D eigenvalue weighted by Gasteiger charge is 2.33. The molecular formula is C50H63N9O7. The van der Waals surface area contributed by atoms with Crippen LogP contribution in [0.4, 0.5) is 0 Å². The zero-order chi connectivity index (χ0) is 48.2. The fraction of sp³-hybridized carbons (Fsp3) is 0.360. The second-order valence-corrected chi connectivity index (χ2v) is 15.7. The topological polar surface area (TPSA) is 257 Å². The monoisotopic (exact) mass is 901 g/mol. The smallest absolute Gasteiger partial charge is 0.251 e. The van der Waals surface area contributed by atoms with Gasteiger partial charge in [-0.3, -0.25) is 24.0 Å². The minimum Gasteiger partial charge on any atom is -0.492 e. The first-order valence-electron chi connectivity index (χ1n) is 22.2. The molecule has 4 aromatic carbocycles. The molecule has 66 heavy (non-hydrogen) atoms. The van der Waals surface area contributed by atoms with Crippen molar-refractivity contribution in [1.82, 2.24) is 26.2 Å². The Bertz CT molecular complexity index is 2340. The van der Waals surface area contributed by atoms with E-state index >= 15 is 0 Å². The lowest BCUT2D eigenvalue weighted by atomic mass is 9.93. The molecule has 0 fully saturated rings. The summed E-state index contributed by atoms with van der Waals surface area (Å²) < 4.78 is 12.1. The molecule has 2 unspecified atom stereocenters. The van der Waals surface area contributed by atoms with Gasteiger partial charge in [0.1, 0.15) is 54.6 Å². The van der Waals surface area contributed by atoms with Crippen molar-refractivity contribution in [2.24, 2.45) is 17.2 Å². The number of hydrogen-bond acceptors (Lipinski definition) is 11. The third-order valence-corrected chi connectivity index (χ3v) is 10.6.